The average molecular weight is 260 g/mol. The van der Waals surface area contributed by atoms with Crippen LogP contribution in [0.2, 0.25) is 0 Å². The molecule has 0 aliphatic carbocycles. The van der Waals surface area contributed by atoms with E-state index < -0.39 is 17.5 Å². The molecule has 3 N–H and O–H groups in total. The van der Waals surface area contributed by atoms with E-state index >= 15 is 0 Å². The summed E-state index contributed by atoms with van der Waals surface area (Å²) in [4.78, 5) is 11.8. The van der Waals surface area contributed by atoms with E-state index in [4.69, 9.17) is 5.73 Å². The number of anilines is 1. The Morgan fingerprint density at radius 2 is 2.06 bits per heavy atom. The highest BCUT2D eigenvalue weighted by Crippen LogP contribution is 2.31. The Morgan fingerprint density at radius 1 is 1.44 bits per heavy atom. The highest BCUT2D eigenvalue weighted by Gasteiger charge is 2.31. The number of benzene rings is 1. The fourth-order valence-corrected chi connectivity index (χ4v) is 1.46. The minimum atomic E-state index is -4.47. The number of rotatable bonds is 4. The van der Waals surface area contributed by atoms with Crippen LogP contribution in [0.4, 0.5) is 18.9 Å². The van der Waals surface area contributed by atoms with Crippen molar-refractivity contribution in [3.63, 3.8) is 0 Å². The van der Waals surface area contributed by atoms with Gasteiger partial charge >= 0.3 is 6.18 Å². The van der Waals surface area contributed by atoms with Crippen molar-refractivity contribution in [1.29, 1.82) is 0 Å². The molecular formula is C12H15F3N2O. The molecular weight excluding hydrogens is 245 g/mol. The Morgan fingerprint density at radius 3 is 2.56 bits per heavy atom. The Hall–Kier alpha value is -1.56. The number of nitrogens with one attached hydrogen (secondary N) is 1. The molecule has 0 bridgehead atoms. The largest absolute Gasteiger partial charge is 0.416 e. The number of carbonyl (C=O) groups excluding carboxylic acids is 1. The van der Waals surface area contributed by atoms with Gasteiger partial charge in [-0.1, -0.05) is 0 Å². The highest BCUT2D eigenvalue weighted by molar-refractivity contribution is 6.01. The lowest BCUT2D eigenvalue weighted by Crippen LogP contribution is -2.25. The van der Waals surface area contributed by atoms with Crippen molar-refractivity contribution in [2.24, 2.45) is 0 Å². The number of halogens is 3. The molecule has 0 fully saturated rings. The number of ketones is 1. The average Bonchev–Trinajstić information content (AvgIpc) is 2.27. The van der Waals surface area contributed by atoms with Crippen LogP contribution in [-0.4, -0.2) is 18.9 Å². The van der Waals surface area contributed by atoms with Gasteiger partial charge < -0.3 is 11.1 Å². The summed E-state index contributed by atoms with van der Waals surface area (Å²) >= 11 is 0. The predicted molar refractivity (Wildman–Crippen MR) is 63.3 cm³/mol. The zero-order valence-electron chi connectivity index (χ0n) is 10.1. The third-order valence-electron chi connectivity index (χ3n) is 2.67. The summed E-state index contributed by atoms with van der Waals surface area (Å²) < 4.78 is 37.6. The third-order valence-corrected chi connectivity index (χ3v) is 2.67. The summed E-state index contributed by atoms with van der Waals surface area (Å²) in [6, 6.07) is 2.67. The first-order chi connectivity index (χ1) is 8.25. The van der Waals surface area contributed by atoms with Gasteiger partial charge in [-0.15, -0.1) is 0 Å². The van der Waals surface area contributed by atoms with E-state index in [2.05, 4.69) is 5.32 Å². The first-order valence-electron chi connectivity index (χ1n) is 5.43. The van der Waals surface area contributed by atoms with Crippen LogP contribution < -0.4 is 11.1 Å². The Bertz CT molecular complexity index is 443. The molecule has 0 amide bonds. The number of nitrogen functional groups attached to an aromatic ring is 1. The second kappa shape index (κ2) is 5.39. The Balaban J connectivity index is 3.04. The van der Waals surface area contributed by atoms with E-state index in [-0.39, 0.29) is 23.7 Å². The molecule has 0 saturated carbocycles. The number of alkyl halides is 3. The van der Waals surface area contributed by atoms with E-state index in [1.807, 2.05) is 0 Å². The zero-order valence-corrected chi connectivity index (χ0v) is 10.1. The lowest BCUT2D eigenvalue weighted by atomic mass is 10.0. The van der Waals surface area contributed by atoms with E-state index in [0.717, 1.165) is 18.2 Å². The van der Waals surface area contributed by atoms with Gasteiger partial charge in [0, 0.05) is 23.7 Å². The second-order valence-electron chi connectivity index (χ2n) is 4.12. The standard InChI is InChI=1S/C12H15F3N2O/c1-7(17-2)5-11(18)9-6-8(12(13,14)15)3-4-10(9)16/h3-4,6-7,17H,5,16H2,1-2H3. The second-order valence-corrected chi connectivity index (χ2v) is 4.12. The van der Waals surface area contributed by atoms with Gasteiger partial charge in [-0.3, -0.25) is 4.79 Å². The van der Waals surface area contributed by atoms with Crippen molar-refractivity contribution in [1.82, 2.24) is 5.32 Å². The fraction of sp³-hybridized carbons (Fsp3) is 0.417. The minimum absolute atomic E-state index is 0.0660. The van der Waals surface area contributed by atoms with Gasteiger partial charge in [0.1, 0.15) is 0 Å². The summed E-state index contributed by atoms with van der Waals surface area (Å²) in [5.41, 5.74) is 4.67. The van der Waals surface area contributed by atoms with Crippen LogP contribution in [0, 0.1) is 0 Å². The van der Waals surface area contributed by atoms with Crippen LogP contribution in [0.15, 0.2) is 18.2 Å². The van der Waals surface area contributed by atoms with Crippen LogP contribution in [0.3, 0.4) is 0 Å². The van der Waals surface area contributed by atoms with Gasteiger partial charge in [0.25, 0.3) is 0 Å². The number of hydrogen-bond acceptors (Lipinski definition) is 3. The van der Waals surface area contributed by atoms with Crippen molar-refractivity contribution in [2.75, 3.05) is 12.8 Å². The molecule has 0 heterocycles. The van der Waals surface area contributed by atoms with Crippen molar-refractivity contribution in [3.05, 3.63) is 29.3 Å². The van der Waals surface area contributed by atoms with E-state index in [1.54, 1.807) is 14.0 Å². The summed E-state index contributed by atoms with van der Waals surface area (Å²) in [5.74, 6) is -0.402. The summed E-state index contributed by atoms with van der Waals surface area (Å²) in [6.07, 6.45) is -4.38. The summed E-state index contributed by atoms with van der Waals surface area (Å²) in [5, 5.41) is 2.85. The monoisotopic (exact) mass is 260 g/mol. The molecule has 1 atom stereocenters. The van der Waals surface area contributed by atoms with Gasteiger partial charge in [-0.05, 0) is 32.2 Å². The molecule has 6 heteroatoms. The molecule has 18 heavy (non-hydrogen) atoms. The first kappa shape index (κ1) is 14.5. The Kier molecular flexibility index (Phi) is 4.34. The maximum atomic E-state index is 12.5. The van der Waals surface area contributed by atoms with Crippen molar-refractivity contribution >= 4 is 11.5 Å². The lowest BCUT2D eigenvalue weighted by Gasteiger charge is -2.13. The lowest BCUT2D eigenvalue weighted by molar-refractivity contribution is -0.137. The molecule has 0 saturated heterocycles. The minimum Gasteiger partial charge on any atom is -0.398 e. The normalized spacial score (nSPS) is 13.4. The molecule has 0 radical (unpaired) electrons. The van der Waals surface area contributed by atoms with Gasteiger partial charge in [0.2, 0.25) is 0 Å². The highest BCUT2D eigenvalue weighted by atomic mass is 19.4. The predicted octanol–water partition coefficient (Wildman–Crippen LogP) is 2.47. The summed E-state index contributed by atoms with van der Waals surface area (Å²) in [6.45, 7) is 1.77. The van der Waals surface area contributed by atoms with Crippen LogP contribution >= 0.6 is 0 Å². The fourth-order valence-electron chi connectivity index (χ4n) is 1.46. The quantitative estimate of drug-likeness (QED) is 0.646. The van der Waals surface area contributed by atoms with Gasteiger partial charge in [-0.2, -0.15) is 13.2 Å². The molecule has 3 nitrogen and oxygen atoms in total. The van der Waals surface area contributed by atoms with Crippen LogP contribution in [-0.2, 0) is 6.18 Å². The number of carbonyl (C=O) groups is 1. The van der Waals surface area contributed by atoms with Crippen molar-refractivity contribution < 1.29 is 18.0 Å². The van der Waals surface area contributed by atoms with Crippen molar-refractivity contribution in [2.45, 2.75) is 25.6 Å². The van der Waals surface area contributed by atoms with Crippen molar-refractivity contribution in [3.8, 4) is 0 Å². The first-order valence-corrected chi connectivity index (χ1v) is 5.43. The smallest absolute Gasteiger partial charge is 0.398 e. The molecule has 0 aliphatic heterocycles. The molecule has 1 unspecified atom stereocenters. The molecule has 0 aromatic heterocycles. The maximum absolute atomic E-state index is 12.5. The van der Waals surface area contributed by atoms with Crippen LogP contribution in [0.5, 0.6) is 0 Å². The zero-order chi connectivity index (χ0) is 13.9. The molecule has 1 rings (SSSR count). The maximum Gasteiger partial charge on any atom is 0.416 e. The van der Waals surface area contributed by atoms with E-state index in [1.165, 1.54) is 0 Å². The summed E-state index contributed by atoms with van der Waals surface area (Å²) in [7, 11) is 1.67. The number of nitrogens with two attached hydrogens (primary N) is 1. The SMILES string of the molecule is CNC(C)CC(=O)c1cc(C(F)(F)F)ccc1N. The van der Waals surface area contributed by atoms with Crippen LogP contribution in [0.1, 0.15) is 29.3 Å². The van der Waals surface area contributed by atoms with Gasteiger partial charge in [0.05, 0.1) is 5.56 Å². The molecule has 1 aromatic carbocycles. The Labute approximate surface area is 103 Å². The van der Waals surface area contributed by atoms with E-state index in [9.17, 15) is 18.0 Å². The van der Waals surface area contributed by atoms with Crippen LogP contribution in [0.25, 0.3) is 0 Å². The van der Waals surface area contributed by atoms with E-state index in [0.29, 0.717) is 0 Å². The van der Waals surface area contributed by atoms with Gasteiger partial charge in [0.15, 0.2) is 5.78 Å². The molecule has 1 aromatic rings. The third kappa shape index (κ3) is 3.46. The topological polar surface area (TPSA) is 55.1 Å². The molecule has 100 valence electrons. The molecule has 0 spiro atoms. The molecule has 0 aliphatic rings. The number of Topliss-reactive ketones (excluding diaryl/α,β-unsaturated/α-hetero) is 1. The number of hydrogen-bond donors (Lipinski definition) is 2. The van der Waals surface area contributed by atoms with Gasteiger partial charge in [-0.25, -0.2) is 0 Å².